The van der Waals surface area contributed by atoms with Crippen LogP contribution in [0.5, 0.6) is 11.5 Å². The number of carboxylic acids is 2. The monoisotopic (exact) mass is 788 g/mol. The maximum absolute atomic E-state index is 14.7. The number of nitrogens with one attached hydrogen (secondary N) is 5. The van der Waals surface area contributed by atoms with Crippen LogP contribution in [-0.4, -0.2) is 110 Å². The van der Waals surface area contributed by atoms with Gasteiger partial charge in [-0.3, -0.25) is 24.0 Å². The molecule has 6 atom stereocenters. The number of aliphatic carboxylic acids is 2. The van der Waals surface area contributed by atoms with E-state index in [0.717, 1.165) is 4.90 Å². The van der Waals surface area contributed by atoms with E-state index in [-0.39, 0.29) is 52.9 Å². The van der Waals surface area contributed by atoms with Gasteiger partial charge in [0.1, 0.15) is 47.3 Å². The molecule has 1 unspecified atom stereocenters. The predicted molar refractivity (Wildman–Crippen MR) is 196 cm³/mol. The molecule has 5 amide bonds. The minimum absolute atomic E-state index is 0.0204. The fourth-order valence-corrected chi connectivity index (χ4v) is 5.95. The van der Waals surface area contributed by atoms with E-state index in [1.54, 1.807) is 13.8 Å². The summed E-state index contributed by atoms with van der Waals surface area (Å²) in [6.07, 6.45) is 1.71. The highest BCUT2D eigenvalue weighted by Gasteiger charge is 2.47. The molecule has 1 aromatic carbocycles. The Balaban J connectivity index is 2.11. The summed E-state index contributed by atoms with van der Waals surface area (Å²) in [5, 5.41) is 52.6. The quantitative estimate of drug-likeness (QED) is 0.109. The number of likely N-dealkylation sites (N-methyl/N-ethyl adjacent to an activating group) is 1. The third kappa shape index (κ3) is 9.88. The van der Waals surface area contributed by atoms with Crippen molar-refractivity contribution < 1.29 is 58.7 Å². The van der Waals surface area contributed by atoms with Crippen molar-refractivity contribution >= 4 is 53.1 Å². The fourth-order valence-electron chi connectivity index (χ4n) is 5.73. The number of phenols is 1. The number of phenolic OH excluding ortho intramolecular Hbond substituents is 1. The summed E-state index contributed by atoms with van der Waals surface area (Å²) >= 11 is 6.33. The normalized spacial score (nSPS) is 24.8. The van der Waals surface area contributed by atoms with E-state index in [4.69, 9.17) is 21.4 Å². The Morgan fingerprint density at radius 3 is 2.29 bits per heavy atom. The molecule has 2 aliphatic heterocycles. The number of carboxylic acid groups (broad SMARTS) is 2. The first-order valence-electron chi connectivity index (χ1n) is 17.0. The highest BCUT2D eigenvalue weighted by atomic mass is 35.5. The summed E-state index contributed by atoms with van der Waals surface area (Å²) in [4.78, 5) is 92.9. The molecule has 0 saturated carbocycles. The summed E-state index contributed by atoms with van der Waals surface area (Å²) in [7, 11) is 1.40. The lowest BCUT2D eigenvalue weighted by molar-refractivity contribution is -0.146. The average molecular weight is 789 g/mol. The van der Waals surface area contributed by atoms with Gasteiger partial charge in [-0.05, 0) is 69.5 Å². The Hall–Kier alpha value is -5.72. The first kappa shape index (κ1) is 43.7. The van der Waals surface area contributed by atoms with Gasteiger partial charge in [-0.2, -0.15) is 0 Å². The van der Waals surface area contributed by atoms with Gasteiger partial charge < -0.3 is 56.6 Å². The minimum Gasteiger partial charge on any atom is -0.503 e. The van der Waals surface area contributed by atoms with Crippen molar-refractivity contribution in [3.63, 3.8) is 0 Å². The summed E-state index contributed by atoms with van der Waals surface area (Å²) in [6, 6.07) is -3.37. The maximum Gasteiger partial charge on any atom is 0.352 e. The number of carbonyl (C=O) groups excluding carboxylic acids is 5. The molecule has 0 fully saturated rings. The van der Waals surface area contributed by atoms with Crippen molar-refractivity contribution in [1.29, 1.82) is 0 Å². The second-order valence-electron chi connectivity index (χ2n) is 13.1. The standard InChI is InChI=1S/C36H45ClN6O12/c1-8-17(5)25(32(50)39-20(35(53)54)15-23(44)45)41-30(48)21-11-10-12-43(21)34(52)29-36(6,9-2)55-22-14-18(13-19(37)28(22)47)27(46)26(38-7)33(51)40-24(16(3)4)31(49)42-29/h10-11,13-15,21,24,26-27,29,38,46-47H,3,8-9,12H2,1-2,4-7H3,(H,39,50)(H,40,51)(H,41,48)(H,42,49)(H,44,45)(H,53,54)/b20-15+,25-17-/t21-,24-,26?,27+,29+,36+/m0/s1. The molecule has 298 valence electrons. The van der Waals surface area contributed by atoms with E-state index in [1.807, 2.05) is 5.32 Å². The molecular weight excluding hydrogens is 744 g/mol. The van der Waals surface area contributed by atoms with Crippen molar-refractivity contribution in [2.45, 2.75) is 83.3 Å². The van der Waals surface area contributed by atoms with Crippen LogP contribution in [0.3, 0.4) is 0 Å². The number of aliphatic hydroxyl groups excluding tert-OH is 1. The second kappa shape index (κ2) is 18.1. The molecule has 3 rings (SSSR count). The van der Waals surface area contributed by atoms with E-state index in [0.29, 0.717) is 0 Å². The zero-order valence-electron chi connectivity index (χ0n) is 31.0. The lowest BCUT2D eigenvalue weighted by Crippen LogP contribution is -2.65. The molecule has 18 nitrogen and oxygen atoms in total. The smallest absolute Gasteiger partial charge is 0.352 e. The zero-order chi connectivity index (χ0) is 41.5. The SMILES string of the molecule is C=C(C)[C@@H]1NC(=O)C(NC)[C@H](O)c2cc(Cl)c(O)c(c2)O[C@](C)(CC)[C@@H](C(=O)N2CC=C[C@H]2C(=O)N/C(C(=O)N/C(=C/C(=O)O)C(=O)O)=C(/C)CC)NC1=O. The molecule has 2 bridgehead atoms. The molecule has 0 radical (unpaired) electrons. The number of allylic oxidation sites excluding steroid dienone is 1. The van der Waals surface area contributed by atoms with Gasteiger partial charge in [0, 0.05) is 6.54 Å². The van der Waals surface area contributed by atoms with Gasteiger partial charge in [-0.1, -0.05) is 44.2 Å². The van der Waals surface area contributed by atoms with Crippen LogP contribution in [0.2, 0.25) is 5.02 Å². The van der Waals surface area contributed by atoms with E-state index < -0.39 is 94.5 Å². The van der Waals surface area contributed by atoms with Gasteiger partial charge in [0.25, 0.3) is 17.7 Å². The van der Waals surface area contributed by atoms with Crippen molar-refractivity contribution in [2.24, 2.45) is 0 Å². The molecule has 19 heteroatoms. The number of hydrogen-bond donors (Lipinski definition) is 9. The van der Waals surface area contributed by atoms with Gasteiger partial charge in [-0.25, -0.2) is 9.59 Å². The topological polar surface area (TPSA) is 273 Å². The highest BCUT2D eigenvalue weighted by molar-refractivity contribution is 6.32. The molecule has 2 heterocycles. The molecule has 2 aliphatic rings. The van der Waals surface area contributed by atoms with Gasteiger partial charge >= 0.3 is 11.9 Å². The number of rotatable bonds is 11. The summed E-state index contributed by atoms with van der Waals surface area (Å²) in [5.41, 5.74) is -2.62. The van der Waals surface area contributed by atoms with Crippen molar-refractivity contribution in [2.75, 3.05) is 13.6 Å². The second-order valence-corrected chi connectivity index (χ2v) is 13.5. The highest BCUT2D eigenvalue weighted by Crippen LogP contribution is 2.41. The van der Waals surface area contributed by atoms with E-state index in [9.17, 15) is 48.9 Å². The largest absolute Gasteiger partial charge is 0.503 e. The van der Waals surface area contributed by atoms with Gasteiger partial charge in [0.2, 0.25) is 11.8 Å². The summed E-state index contributed by atoms with van der Waals surface area (Å²) < 4.78 is 6.29. The maximum atomic E-state index is 14.7. The van der Waals surface area contributed by atoms with Gasteiger partial charge in [-0.15, -0.1) is 0 Å². The minimum atomic E-state index is -1.75. The number of ether oxygens (including phenoxy) is 1. The van der Waals surface area contributed by atoms with Crippen molar-refractivity contribution in [3.05, 3.63) is 70.1 Å². The van der Waals surface area contributed by atoms with Crippen LogP contribution in [0.1, 0.15) is 59.1 Å². The fraction of sp³-hybridized carbons (Fsp3) is 0.417. The van der Waals surface area contributed by atoms with E-state index in [1.165, 1.54) is 52.1 Å². The van der Waals surface area contributed by atoms with Crippen LogP contribution in [0.15, 0.2) is 59.5 Å². The molecule has 1 aromatic rings. The number of carbonyl (C=O) groups is 7. The first-order valence-corrected chi connectivity index (χ1v) is 17.4. The van der Waals surface area contributed by atoms with Gasteiger partial charge in [0.05, 0.1) is 11.1 Å². The number of aromatic hydroxyl groups is 1. The van der Waals surface area contributed by atoms with Crippen molar-refractivity contribution in [1.82, 2.24) is 31.5 Å². The molecule has 0 saturated heterocycles. The lowest BCUT2D eigenvalue weighted by Gasteiger charge is -2.40. The molecular formula is C36H45ClN6O12. The Labute approximate surface area is 321 Å². The number of amides is 5. The van der Waals surface area contributed by atoms with Gasteiger partial charge in [0.15, 0.2) is 11.5 Å². The van der Waals surface area contributed by atoms with E-state index in [2.05, 4.69) is 27.8 Å². The van der Waals surface area contributed by atoms with Crippen LogP contribution < -0.4 is 31.3 Å². The Morgan fingerprint density at radius 1 is 1.09 bits per heavy atom. The summed E-state index contributed by atoms with van der Waals surface area (Å²) in [6.45, 7) is 11.3. The van der Waals surface area contributed by atoms with Crippen LogP contribution in [0.4, 0.5) is 0 Å². The van der Waals surface area contributed by atoms with Crippen LogP contribution in [0, 0.1) is 0 Å². The van der Waals surface area contributed by atoms with Crippen LogP contribution in [0.25, 0.3) is 0 Å². The Kier molecular flexibility index (Phi) is 14.4. The number of benzene rings is 1. The first-order chi connectivity index (χ1) is 25.7. The Morgan fingerprint density at radius 2 is 1.75 bits per heavy atom. The molecule has 0 aromatic heterocycles. The average Bonchev–Trinajstić information content (AvgIpc) is 3.62. The third-order valence-electron chi connectivity index (χ3n) is 9.22. The number of aliphatic hydroxyl groups is 1. The molecule has 0 spiro atoms. The number of fused-ring (bicyclic) bond motifs is 2. The molecule has 9 N–H and O–H groups in total. The van der Waals surface area contributed by atoms with E-state index >= 15 is 0 Å². The lowest BCUT2D eigenvalue weighted by atomic mass is 9.90. The van der Waals surface area contributed by atoms with Crippen LogP contribution >= 0.6 is 11.6 Å². The number of nitrogens with zero attached hydrogens (tertiary/aromatic N) is 1. The zero-order valence-corrected chi connectivity index (χ0v) is 31.7. The molecule has 55 heavy (non-hydrogen) atoms. The molecule has 0 aliphatic carbocycles. The van der Waals surface area contributed by atoms with Crippen LogP contribution in [-0.2, 0) is 33.6 Å². The number of halogens is 1. The summed E-state index contributed by atoms with van der Waals surface area (Å²) in [5.74, 6) is -8.94. The number of hydrogen-bond acceptors (Lipinski definition) is 11. The predicted octanol–water partition coefficient (Wildman–Crippen LogP) is 0.510. The Bertz CT molecular complexity index is 1880. The van der Waals surface area contributed by atoms with Crippen molar-refractivity contribution in [3.8, 4) is 11.5 Å². The third-order valence-corrected chi connectivity index (χ3v) is 9.51.